The molecule has 0 bridgehead atoms. The summed E-state index contributed by atoms with van der Waals surface area (Å²) in [5.41, 5.74) is -0.443. The molecule has 0 aliphatic carbocycles. The summed E-state index contributed by atoms with van der Waals surface area (Å²) in [5.74, 6) is -1.78. The van der Waals surface area contributed by atoms with Gasteiger partial charge in [0.1, 0.15) is 10.7 Å². The quantitative estimate of drug-likeness (QED) is 0.437. The molecule has 0 spiro atoms. The molecule has 9 heteroatoms. The summed E-state index contributed by atoms with van der Waals surface area (Å²) >= 11 is 11.3. The smallest absolute Gasteiger partial charge is 0.339 e. The van der Waals surface area contributed by atoms with Crippen LogP contribution in [0.15, 0.2) is 11.0 Å². The van der Waals surface area contributed by atoms with E-state index in [-0.39, 0.29) is 6.61 Å². The van der Waals surface area contributed by atoms with E-state index in [2.05, 4.69) is 0 Å². The maximum absolute atomic E-state index is 13.6. The van der Waals surface area contributed by atoms with E-state index in [0.717, 1.165) is 0 Å². The number of carbonyl (C=O) groups excluding carboxylic acids is 1. The van der Waals surface area contributed by atoms with Crippen LogP contribution in [0.4, 0.5) is 4.39 Å². The zero-order valence-corrected chi connectivity index (χ0v) is 14.2. The van der Waals surface area contributed by atoms with Gasteiger partial charge in [0.25, 0.3) is 9.05 Å². The first kappa shape index (κ1) is 18.5. The molecule has 0 heterocycles. The monoisotopic (exact) mass is 376 g/mol. The SMILES string of the molecule is CC(C)CCOC(=O)c1cc(F)c(Cl)c(S(=O)(=O)Cl)c1Cl. The Morgan fingerprint density at radius 3 is 2.38 bits per heavy atom. The largest absolute Gasteiger partial charge is 0.462 e. The van der Waals surface area contributed by atoms with Crippen molar-refractivity contribution in [3.8, 4) is 0 Å². The van der Waals surface area contributed by atoms with E-state index in [1.165, 1.54) is 0 Å². The minimum Gasteiger partial charge on any atom is -0.462 e. The number of rotatable bonds is 5. The minimum absolute atomic E-state index is 0.0973. The van der Waals surface area contributed by atoms with Gasteiger partial charge in [-0.2, -0.15) is 0 Å². The summed E-state index contributed by atoms with van der Waals surface area (Å²) in [7, 11) is 0.732. The molecule has 21 heavy (non-hydrogen) atoms. The van der Waals surface area contributed by atoms with Gasteiger partial charge in [0.05, 0.1) is 22.2 Å². The second kappa shape index (κ2) is 7.13. The van der Waals surface area contributed by atoms with E-state index >= 15 is 0 Å². The lowest BCUT2D eigenvalue weighted by molar-refractivity contribution is 0.0487. The Bertz CT molecular complexity index is 659. The lowest BCUT2D eigenvalue weighted by Crippen LogP contribution is -2.11. The van der Waals surface area contributed by atoms with Gasteiger partial charge in [-0.3, -0.25) is 0 Å². The van der Waals surface area contributed by atoms with Crippen molar-refractivity contribution in [2.45, 2.75) is 25.2 Å². The number of carbonyl (C=O) groups is 1. The van der Waals surface area contributed by atoms with Crippen molar-refractivity contribution in [2.24, 2.45) is 5.92 Å². The second-order valence-corrected chi connectivity index (χ2v) is 7.88. The molecular formula is C12H12Cl3FO4S. The molecule has 1 aromatic carbocycles. The number of benzene rings is 1. The Kier molecular flexibility index (Phi) is 6.28. The first-order chi connectivity index (χ1) is 9.55. The van der Waals surface area contributed by atoms with Crippen molar-refractivity contribution in [3.05, 3.63) is 27.5 Å². The van der Waals surface area contributed by atoms with Crippen LogP contribution >= 0.6 is 33.9 Å². The van der Waals surface area contributed by atoms with Gasteiger partial charge < -0.3 is 4.74 Å². The molecule has 0 unspecified atom stereocenters. The third-order valence-corrected chi connectivity index (χ3v) is 4.85. The van der Waals surface area contributed by atoms with Crippen molar-refractivity contribution >= 4 is 48.9 Å². The molecule has 0 amide bonds. The van der Waals surface area contributed by atoms with Gasteiger partial charge in [0.15, 0.2) is 0 Å². The third-order valence-electron chi connectivity index (χ3n) is 2.51. The maximum atomic E-state index is 13.6. The number of hydrogen-bond acceptors (Lipinski definition) is 4. The molecule has 1 aromatic rings. The van der Waals surface area contributed by atoms with Gasteiger partial charge in [0, 0.05) is 10.7 Å². The lowest BCUT2D eigenvalue weighted by Gasteiger charge is -2.11. The standard InChI is InChI=1S/C12H12Cl3FO4S/c1-6(2)3-4-20-12(17)7-5-8(16)10(14)11(9(7)13)21(15,18)19/h5-6H,3-4H2,1-2H3. The Morgan fingerprint density at radius 1 is 1.33 bits per heavy atom. The van der Waals surface area contributed by atoms with Crippen molar-refractivity contribution < 1.29 is 22.3 Å². The molecule has 0 aliphatic heterocycles. The summed E-state index contributed by atoms with van der Waals surface area (Å²) in [6.45, 7) is 3.96. The number of ether oxygens (including phenoxy) is 1. The zero-order chi connectivity index (χ0) is 16.4. The van der Waals surface area contributed by atoms with E-state index in [0.29, 0.717) is 18.4 Å². The van der Waals surface area contributed by atoms with Gasteiger partial charge in [-0.15, -0.1) is 0 Å². The molecule has 4 nitrogen and oxygen atoms in total. The topological polar surface area (TPSA) is 60.4 Å². The Morgan fingerprint density at radius 2 is 1.90 bits per heavy atom. The first-order valence-corrected chi connectivity index (χ1v) is 8.91. The van der Waals surface area contributed by atoms with E-state index in [1.54, 1.807) is 0 Å². The fraction of sp³-hybridized carbons (Fsp3) is 0.417. The van der Waals surface area contributed by atoms with E-state index < -0.39 is 41.3 Å². The predicted octanol–water partition coefficient (Wildman–Crippen LogP) is 4.26. The number of halogens is 4. The molecule has 0 fully saturated rings. The van der Waals surface area contributed by atoms with Crippen LogP contribution in [0.25, 0.3) is 0 Å². The van der Waals surface area contributed by atoms with Crippen molar-refractivity contribution in [2.75, 3.05) is 6.61 Å². The molecule has 0 radical (unpaired) electrons. The molecule has 0 aromatic heterocycles. The summed E-state index contributed by atoms with van der Waals surface area (Å²) in [5, 5.41) is -1.33. The van der Waals surface area contributed by atoms with Crippen LogP contribution in [0.5, 0.6) is 0 Å². The van der Waals surface area contributed by atoms with Gasteiger partial charge >= 0.3 is 5.97 Å². The lowest BCUT2D eigenvalue weighted by atomic mass is 10.1. The minimum atomic E-state index is -4.42. The third kappa shape index (κ3) is 4.71. The van der Waals surface area contributed by atoms with Gasteiger partial charge in [-0.25, -0.2) is 17.6 Å². The van der Waals surface area contributed by atoms with Gasteiger partial charge in [-0.1, -0.05) is 37.0 Å². The number of hydrogen-bond donors (Lipinski definition) is 0. The summed E-state index contributed by atoms with van der Waals surface area (Å²) in [6, 6.07) is 0.716. The Labute approximate surface area is 136 Å². The van der Waals surface area contributed by atoms with Crippen LogP contribution in [0, 0.1) is 11.7 Å². The predicted molar refractivity (Wildman–Crippen MR) is 79.2 cm³/mol. The molecule has 118 valence electrons. The average Bonchev–Trinajstić information content (AvgIpc) is 2.31. The Hall–Kier alpha value is -0.560. The van der Waals surface area contributed by atoms with Crippen LogP contribution < -0.4 is 0 Å². The fourth-order valence-corrected chi connectivity index (χ4v) is 3.78. The van der Waals surface area contributed by atoms with Crippen molar-refractivity contribution in [3.63, 3.8) is 0 Å². The molecule has 0 N–H and O–H groups in total. The summed E-state index contributed by atoms with van der Waals surface area (Å²) < 4.78 is 41.3. The van der Waals surface area contributed by atoms with E-state index in [4.69, 9.17) is 38.6 Å². The van der Waals surface area contributed by atoms with E-state index in [1.807, 2.05) is 13.8 Å². The van der Waals surface area contributed by atoms with Crippen LogP contribution in [0.2, 0.25) is 10.0 Å². The Balaban J connectivity index is 3.21. The molecule has 0 saturated carbocycles. The normalized spacial score (nSPS) is 11.8. The maximum Gasteiger partial charge on any atom is 0.339 e. The highest BCUT2D eigenvalue weighted by Crippen LogP contribution is 2.36. The van der Waals surface area contributed by atoms with Gasteiger partial charge in [0.2, 0.25) is 0 Å². The van der Waals surface area contributed by atoms with Crippen LogP contribution in [-0.4, -0.2) is 21.0 Å². The average molecular weight is 378 g/mol. The first-order valence-electron chi connectivity index (χ1n) is 5.85. The zero-order valence-electron chi connectivity index (χ0n) is 11.1. The number of esters is 1. The highest BCUT2D eigenvalue weighted by Gasteiger charge is 2.28. The molecular weight excluding hydrogens is 366 g/mol. The highest BCUT2D eigenvalue weighted by atomic mass is 35.7. The molecule has 0 aliphatic rings. The summed E-state index contributed by atoms with van der Waals surface area (Å²) in [6.07, 6.45) is 0.597. The molecule has 0 atom stereocenters. The van der Waals surface area contributed by atoms with Crippen molar-refractivity contribution in [1.82, 2.24) is 0 Å². The van der Waals surface area contributed by atoms with Gasteiger partial charge in [-0.05, 0) is 18.4 Å². The fourth-order valence-electron chi connectivity index (χ4n) is 1.41. The highest BCUT2D eigenvalue weighted by molar-refractivity contribution is 8.14. The van der Waals surface area contributed by atoms with Crippen molar-refractivity contribution in [1.29, 1.82) is 0 Å². The second-order valence-electron chi connectivity index (χ2n) is 4.62. The molecule has 0 saturated heterocycles. The van der Waals surface area contributed by atoms with Crippen LogP contribution in [0.3, 0.4) is 0 Å². The summed E-state index contributed by atoms with van der Waals surface area (Å²) in [4.78, 5) is 11.0. The van der Waals surface area contributed by atoms with Crippen LogP contribution in [-0.2, 0) is 13.8 Å². The van der Waals surface area contributed by atoms with Crippen LogP contribution in [0.1, 0.15) is 30.6 Å². The molecule has 1 rings (SSSR count). The van der Waals surface area contributed by atoms with E-state index in [9.17, 15) is 17.6 Å².